The number of aromatic nitrogens is 1. The molecule has 3 rings (SSSR count). The fourth-order valence-electron chi connectivity index (χ4n) is 4.36. The maximum absolute atomic E-state index is 10.3. The number of pyridine rings is 1. The normalized spacial score (nSPS) is 23.1. The maximum atomic E-state index is 10.3. The Morgan fingerprint density at radius 3 is 2.41 bits per heavy atom. The molecule has 0 bridgehead atoms. The van der Waals surface area contributed by atoms with Crippen molar-refractivity contribution >= 4 is 30.9 Å². The highest BCUT2D eigenvalue weighted by molar-refractivity contribution is 14.1. The van der Waals surface area contributed by atoms with Crippen molar-refractivity contribution in [3.05, 3.63) is 26.1 Å². The van der Waals surface area contributed by atoms with Gasteiger partial charge in [-0.1, -0.05) is 34.6 Å². The lowest BCUT2D eigenvalue weighted by atomic mass is 9.74. The molecule has 1 N–H and O–H groups in total. The fourth-order valence-corrected chi connectivity index (χ4v) is 6.73. The molecule has 1 aliphatic heterocycles. The van der Waals surface area contributed by atoms with E-state index in [2.05, 4.69) is 70.3 Å². The highest BCUT2D eigenvalue weighted by atomic mass is 127. The Balaban J connectivity index is 2.09. The Labute approximate surface area is 191 Å². The second-order valence-electron chi connectivity index (χ2n) is 11.1. The van der Waals surface area contributed by atoms with Crippen LogP contribution in [0.15, 0.2) is 0 Å². The smallest absolute Gasteiger partial charge is 0.192 e. The molecule has 2 aliphatic rings. The summed E-state index contributed by atoms with van der Waals surface area (Å²) in [5, 5.41) is 10.4. The van der Waals surface area contributed by atoms with Gasteiger partial charge in [-0.15, -0.1) is 0 Å². The highest BCUT2D eigenvalue weighted by Crippen LogP contribution is 2.49. The van der Waals surface area contributed by atoms with Gasteiger partial charge in [0, 0.05) is 39.5 Å². The molecule has 1 aromatic heterocycles. The molecule has 2 heterocycles. The van der Waals surface area contributed by atoms with E-state index in [1.165, 1.54) is 14.8 Å². The third kappa shape index (κ3) is 4.91. The molecule has 0 aromatic carbocycles. The first-order chi connectivity index (χ1) is 13.4. The Kier molecular flexibility index (Phi) is 6.92. The molecule has 6 heteroatoms. The van der Waals surface area contributed by atoms with Crippen molar-refractivity contribution in [2.75, 3.05) is 13.2 Å². The highest BCUT2D eigenvalue weighted by Gasteiger charge is 2.44. The lowest BCUT2D eigenvalue weighted by molar-refractivity contribution is 0.0831. The Bertz CT molecular complexity index is 751. The van der Waals surface area contributed by atoms with E-state index in [4.69, 9.17) is 14.1 Å². The molecule has 0 spiro atoms. The molecule has 164 valence electrons. The Hall–Kier alpha value is -0.0231. The van der Waals surface area contributed by atoms with Crippen LogP contribution in [-0.2, 0) is 22.2 Å². The minimum atomic E-state index is -1.93. The molecule has 4 nitrogen and oxygen atoms in total. The number of rotatable bonds is 4. The molecule has 0 saturated carbocycles. The number of halogens is 1. The van der Waals surface area contributed by atoms with Crippen molar-refractivity contribution in [2.24, 2.45) is 5.41 Å². The summed E-state index contributed by atoms with van der Waals surface area (Å²) >= 11 is 2.45. The monoisotopic (exact) mass is 531 g/mol. The SMILES string of the molecule is CC1(C)Cc2nc(C3CCOCC3)c(CO)c(I)c2[C@@H](O[Si](C)(C)C(C)(C)C)C1. The van der Waals surface area contributed by atoms with Gasteiger partial charge in [-0.25, -0.2) is 0 Å². The van der Waals surface area contributed by atoms with Crippen LogP contribution in [0, 0.1) is 8.99 Å². The predicted octanol–water partition coefficient (Wildman–Crippen LogP) is 6.11. The van der Waals surface area contributed by atoms with Crippen molar-refractivity contribution in [3.8, 4) is 0 Å². The summed E-state index contributed by atoms with van der Waals surface area (Å²) in [6, 6.07) is 0. The van der Waals surface area contributed by atoms with E-state index >= 15 is 0 Å². The van der Waals surface area contributed by atoms with E-state index in [9.17, 15) is 5.11 Å². The van der Waals surface area contributed by atoms with Crippen molar-refractivity contribution in [2.45, 2.75) is 97.1 Å². The number of ether oxygens (including phenoxy) is 1. The largest absolute Gasteiger partial charge is 0.410 e. The molecule has 0 unspecified atom stereocenters. The van der Waals surface area contributed by atoms with Crippen LogP contribution < -0.4 is 0 Å². The molecule has 1 fully saturated rings. The van der Waals surface area contributed by atoms with E-state index in [0.29, 0.717) is 5.92 Å². The molecular formula is C23H38INO3Si. The Morgan fingerprint density at radius 1 is 1.24 bits per heavy atom. The van der Waals surface area contributed by atoms with Crippen LogP contribution in [0.4, 0.5) is 0 Å². The van der Waals surface area contributed by atoms with Gasteiger partial charge < -0.3 is 14.3 Å². The molecule has 1 aromatic rings. The van der Waals surface area contributed by atoms with E-state index in [0.717, 1.165) is 50.2 Å². The first-order valence-corrected chi connectivity index (χ1v) is 14.9. The summed E-state index contributed by atoms with van der Waals surface area (Å²) in [6.07, 6.45) is 4.01. The van der Waals surface area contributed by atoms with Crippen molar-refractivity contribution in [3.63, 3.8) is 0 Å². The zero-order valence-electron chi connectivity index (χ0n) is 19.2. The van der Waals surface area contributed by atoms with E-state index in [1.807, 2.05) is 0 Å². The Morgan fingerprint density at radius 2 is 1.86 bits per heavy atom. The van der Waals surface area contributed by atoms with Gasteiger partial charge in [-0.05, 0) is 71.8 Å². The van der Waals surface area contributed by atoms with Crippen LogP contribution in [0.2, 0.25) is 18.1 Å². The number of aliphatic hydroxyl groups excluding tert-OH is 1. The quantitative estimate of drug-likeness (QED) is 0.377. The van der Waals surface area contributed by atoms with E-state index < -0.39 is 8.32 Å². The van der Waals surface area contributed by atoms with Crippen LogP contribution in [-0.4, -0.2) is 31.6 Å². The van der Waals surface area contributed by atoms with Crippen molar-refractivity contribution in [1.29, 1.82) is 0 Å². The van der Waals surface area contributed by atoms with Gasteiger partial charge in [0.2, 0.25) is 0 Å². The second kappa shape index (κ2) is 8.49. The van der Waals surface area contributed by atoms with Crippen LogP contribution in [0.25, 0.3) is 0 Å². The average Bonchev–Trinajstić information content (AvgIpc) is 2.59. The lowest BCUT2D eigenvalue weighted by Crippen LogP contribution is -2.44. The topological polar surface area (TPSA) is 51.6 Å². The number of aliphatic hydroxyl groups is 1. The van der Waals surface area contributed by atoms with Crippen LogP contribution in [0.3, 0.4) is 0 Å². The van der Waals surface area contributed by atoms with Gasteiger partial charge >= 0.3 is 0 Å². The minimum absolute atomic E-state index is 0.0431. The van der Waals surface area contributed by atoms with Crippen LogP contribution >= 0.6 is 22.6 Å². The van der Waals surface area contributed by atoms with Crippen LogP contribution in [0.1, 0.15) is 88.4 Å². The van der Waals surface area contributed by atoms with Gasteiger partial charge in [0.1, 0.15) is 0 Å². The number of nitrogens with zero attached hydrogens (tertiary/aromatic N) is 1. The summed E-state index contributed by atoms with van der Waals surface area (Å²) < 4.78 is 13.7. The summed E-state index contributed by atoms with van der Waals surface area (Å²) in [5.74, 6) is 0.384. The first kappa shape index (κ1) is 23.6. The average molecular weight is 532 g/mol. The molecule has 1 atom stereocenters. The number of fused-ring (bicyclic) bond motifs is 1. The predicted molar refractivity (Wildman–Crippen MR) is 129 cm³/mol. The molecule has 1 aliphatic carbocycles. The van der Waals surface area contributed by atoms with E-state index in [-0.39, 0.29) is 23.2 Å². The van der Waals surface area contributed by atoms with Gasteiger partial charge in [0.05, 0.1) is 18.4 Å². The standard InChI is InChI=1S/C23H38INO3Si/c1-22(2,3)29(6,7)28-18-13-23(4,5)12-17-19(18)20(24)16(14-26)21(25-17)15-8-10-27-11-9-15/h15,18,26H,8-14H2,1-7H3/t18-/m0/s1. The summed E-state index contributed by atoms with van der Waals surface area (Å²) in [4.78, 5) is 5.22. The van der Waals surface area contributed by atoms with Gasteiger partial charge in [0.25, 0.3) is 0 Å². The maximum Gasteiger partial charge on any atom is 0.192 e. The molecule has 29 heavy (non-hydrogen) atoms. The third-order valence-electron chi connectivity index (χ3n) is 7.09. The van der Waals surface area contributed by atoms with Gasteiger partial charge in [0.15, 0.2) is 8.32 Å². The van der Waals surface area contributed by atoms with Gasteiger partial charge in [-0.3, -0.25) is 4.98 Å². The lowest BCUT2D eigenvalue weighted by Gasteiger charge is -2.44. The first-order valence-electron chi connectivity index (χ1n) is 10.9. The zero-order valence-corrected chi connectivity index (χ0v) is 22.4. The minimum Gasteiger partial charge on any atom is -0.410 e. The summed E-state index contributed by atoms with van der Waals surface area (Å²) in [5.41, 5.74) is 4.70. The second-order valence-corrected chi connectivity index (χ2v) is 16.9. The van der Waals surface area contributed by atoms with Crippen LogP contribution in [0.5, 0.6) is 0 Å². The fraction of sp³-hybridized carbons (Fsp3) is 0.783. The third-order valence-corrected chi connectivity index (χ3v) is 12.8. The van der Waals surface area contributed by atoms with Gasteiger partial charge in [-0.2, -0.15) is 0 Å². The van der Waals surface area contributed by atoms with Crippen molar-refractivity contribution < 1.29 is 14.3 Å². The summed E-state index contributed by atoms with van der Waals surface area (Å²) in [6.45, 7) is 17.8. The molecule has 0 radical (unpaired) electrons. The molecule has 0 amide bonds. The number of hydrogen-bond donors (Lipinski definition) is 1. The van der Waals surface area contributed by atoms with E-state index in [1.54, 1.807) is 0 Å². The zero-order chi connectivity index (χ0) is 21.6. The van der Waals surface area contributed by atoms with Crippen molar-refractivity contribution in [1.82, 2.24) is 4.98 Å². The summed E-state index contributed by atoms with van der Waals surface area (Å²) in [7, 11) is -1.93. The molecular weight excluding hydrogens is 493 g/mol. The number of hydrogen-bond acceptors (Lipinski definition) is 4. The molecule has 1 saturated heterocycles.